The fourth-order valence-electron chi connectivity index (χ4n) is 4.07. The van der Waals surface area contributed by atoms with Crippen LogP contribution in [0.3, 0.4) is 0 Å². The average molecular weight is 544 g/mol. The van der Waals surface area contributed by atoms with Gasteiger partial charge in [-0.15, -0.1) is 21.5 Å². The summed E-state index contributed by atoms with van der Waals surface area (Å²) in [5, 5.41) is 9.56. The fourth-order valence-corrected chi connectivity index (χ4v) is 5.25. The minimum absolute atomic E-state index is 0.0300. The second-order valence-electron chi connectivity index (χ2n) is 8.21. The first-order valence-corrected chi connectivity index (χ1v) is 12.4. The van der Waals surface area contributed by atoms with Crippen LogP contribution in [-0.4, -0.2) is 52.2 Å². The largest absolute Gasteiger partial charge is 0.476 e. The molecule has 0 bridgehead atoms. The molecule has 13 heteroatoms. The lowest BCUT2D eigenvalue weighted by atomic mass is 9.96. The Bertz CT molecular complexity index is 1160. The number of aromatic nitrogens is 3. The van der Waals surface area contributed by atoms with Crippen LogP contribution in [0.5, 0.6) is 5.88 Å². The van der Waals surface area contributed by atoms with Crippen molar-refractivity contribution in [3.05, 3.63) is 68.8 Å². The number of hydrogen-bond donors (Lipinski definition) is 1. The van der Waals surface area contributed by atoms with E-state index in [0.717, 1.165) is 23.5 Å². The first-order valence-electron chi connectivity index (χ1n) is 11.1. The first kappa shape index (κ1) is 26.2. The number of alkyl halides is 2. The molecule has 3 heterocycles. The third kappa shape index (κ3) is 6.29. The number of halogens is 5. The van der Waals surface area contributed by atoms with Crippen LogP contribution in [0.2, 0.25) is 5.02 Å². The predicted molar refractivity (Wildman–Crippen MR) is 125 cm³/mol. The number of hydrogen-bond acceptors (Lipinski definition) is 7. The van der Waals surface area contributed by atoms with E-state index in [2.05, 4.69) is 20.5 Å². The minimum atomic E-state index is -2.77. The van der Waals surface area contributed by atoms with Crippen LogP contribution in [0.1, 0.15) is 46.2 Å². The molecule has 7 nitrogen and oxygen atoms in total. The lowest BCUT2D eigenvalue weighted by molar-refractivity contribution is 0.0866. The molecule has 192 valence electrons. The number of nitrogens with one attached hydrogen (secondary N) is 1. The van der Waals surface area contributed by atoms with Crippen molar-refractivity contribution in [2.24, 2.45) is 5.92 Å². The molecule has 1 unspecified atom stereocenters. The molecule has 1 aliphatic heterocycles. The summed E-state index contributed by atoms with van der Waals surface area (Å²) in [6.07, 6.45) is -1.38. The zero-order chi connectivity index (χ0) is 25.7. The molecule has 0 radical (unpaired) electrons. The molecule has 1 fully saturated rings. The van der Waals surface area contributed by atoms with Gasteiger partial charge in [-0.1, -0.05) is 17.7 Å². The van der Waals surface area contributed by atoms with Crippen molar-refractivity contribution >= 4 is 28.8 Å². The van der Waals surface area contributed by atoms with E-state index in [-0.39, 0.29) is 34.6 Å². The highest BCUT2D eigenvalue weighted by molar-refractivity contribution is 7.09. The molecule has 1 atom stereocenters. The summed E-state index contributed by atoms with van der Waals surface area (Å²) >= 11 is 7.08. The fraction of sp³-hybridized carbons (Fsp3) is 0.391. The molecule has 2 aromatic heterocycles. The van der Waals surface area contributed by atoms with E-state index < -0.39 is 30.1 Å². The monoisotopic (exact) mass is 543 g/mol. The van der Waals surface area contributed by atoms with Crippen molar-refractivity contribution in [1.82, 2.24) is 25.4 Å². The average Bonchev–Trinajstić information content (AvgIpc) is 3.34. The number of ether oxygens (including phenoxy) is 1. The van der Waals surface area contributed by atoms with Crippen molar-refractivity contribution < 1.29 is 27.1 Å². The number of carbonyl (C=O) groups excluding carboxylic acids is 1. The molecule has 0 spiro atoms. The second kappa shape index (κ2) is 11.9. The van der Waals surface area contributed by atoms with Gasteiger partial charge >= 0.3 is 0 Å². The summed E-state index contributed by atoms with van der Waals surface area (Å²) in [4.78, 5) is 18.9. The number of amides is 1. The van der Waals surface area contributed by atoms with Gasteiger partial charge in [-0.05, 0) is 44.0 Å². The van der Waals surface area contributed by atoms with Crippen LogP contribution < -0.4 is 10.1 Å². The lowest BCUT2D eigenvalue weighted by Gasteiger charge is -2.37. The summed E-state index contributed by atoms with van der Waals surface area (Å²) < 4.78 is 59.9. The van der Waals surface area contributed by atoms with Gasteiger partial charge in [0.05, 0.1) is 33.6 Å². The zero-order valence-corrected chi connectivity index (χ0v) is 20.4. The van der Waals surface area contributed by atoms with Crippen molar-refractivity contribution in [2.45, 2.75) is 25.3 Å². The van der Waals surface area contributed by atoms with Crippen molar-refractivity contribution in [2.75, 3.05) is 26.2 Å². The first-order chi connectivity index (χ1) is 17.3. The molecule has 1 aromatic carbocycles. The normalized spacial score (nSPS) is 15.7. The maximum Gasteiger partial charge on any atom is 0.281 e. The Morgan fingerprint density at radius 1 is 1.19 bits per heavy atom. The summed E-state index contributed by atoms with van der Waals surface area (Å²) in [6.45, 7) is 1.41. The smallest absolute Gasteiger partial charge is 0.281 e. The molecule has 1 saturated heterocycles. The predicted octanol–water partition coefficient (Wildman–Crippen LogP) is 5.06. The van der Waals surface area contributed by atoms with Crippen molar-refractivity contribution in [3.63, 3.8) is 0 Å². The molecular weight excluding hydrogens is 522 g/mol. The summed E-state index contributed by atoms with van der Waals surface area (Å²) in [7, 11) is 0. The minimum Gasteiger partial charge on any atom is -0.476 e. The Hall–Kier alpha value is -2.83. The maximum absolute atomic E-state index is 14.2. The number of likely N-dealkylation sites (tertiary alicyclic amines) is 1. The number of thiazole rings is 1. The molecule has 1 N–H and O–H groups in total. The molecule has 1 aliphatic rings. The van der Waals surface area contributed by atoms with E-state index in [9.17, 15) is 22.4 Å². The van der Waals surface area contributed by atoms with E-state index >= 15 is 0 Å². The van der Waals surface area contributed by atoms with E-state index in [1.54, 1.807) is 0 Å². The van der Waals surface area contributed by atoms with Crippen molar-refractivity contribution in [3.8, 4) is 5.88 Å². The van der Waals surface area contributed by atoms with Crippen LogP contribution in [0.25, 0.3) is 0 Å². The molecular formula is C23H22ClF4N5O2S. The van der Waals surface area contributed by atoms with Gasteiger partial charge in [-0.2, -0.15) is 4.39 Å². The van der Waals surface area contributed by atoms with Crippen molar-refractivity contribution in [1.29, 1.82) is 0 Å². The van der Waals surface area contributed by atoms with Crippen LogP contribution >= 0.6 is 22.9 Å². The summed E-state index contributed by atoms with van der Waals surface area (Å²) in [6, 6.07) is 5.89. The highest BCUT2D eigenvalue weighted by Gasteiger charge is 2.32. The van der Waals surface area contributed by atoms with Crippen LogP contribution in [0, 0.1) is 17.7 Å². The third-order valence-electron chi connectivity index (χ3n) is 5.94. The van der Waals surface area contributed by atoms with Crippen LogP contribution in [0.15, 0.2) is 35.8 Å². The van der Waals surface area contributed by atoms with E-state index in [1.165, 1.54) is 23.7 Å². The van der Waals surface area contributed by atoms with Gasteiger partial charge in [0.25, 0.3) is 12.3 Å². The van der Waals surface area contributed by atoms with Gasteiger partial charge in [-0.25, -0.2) is 18.2 Å². The molecule has 4 rings (SSSR count). The Morgan fingerprint density at radius 2 is 1.97 bits per heavy atom. The highest BCUT2D eigenvalue weighted by Crippen LogP contribution is 2.35. The molecule has 0 aliphatic carbocycles. The highest BCUT2D eigenvalue weighted by atomic mass is 35.5. The van der Waals surface area contributed by atoms with Gasteiger partial charge < -0.3 is 10.1 Å². The number of rotatable bonds is 9. The number of piperidine rings is 1. The molecule has 0 saturated carbocycles. The van der Waals surface area contributed by atoms with Crippen LogP contribution in [0.4, 0.5) is 17.6 Å². The topological polar surface area (TPSA) is 80.2 Å². The molecule has 3 aromatic rings. The van der Waals surface area contributed by atoms with Crippen LogP contribution in [-0.2, 0) is 0 Å². The van der Waals surface area contributed by atoms with Gasteiger partial charge in [0.1, 0.15) is 11.5 Å². The third-order valence-corrected chi connectivity index (χ3v) is 7.20. The Kier molecular flexibility index (Phi) is 8.70. The second-order valence-corrected chi connectivity index (χ2v) is 9.50. The maximum atomic E-state index is 14.2. The van der Waals surface area contributed by atoms with Gasteiger partial charge in [0.2, 0.25) is 11.8 Å². The van der Waals surface area contributed by atoms with E-state index in [4.69, 9.17) is 16.3 Å². The SMILES string of the molecule is O=C(NCC(c1scnc1C(F)F)N1CCC(COc2ccc(F)nn2)CC1)c1c(F)cccc1Cl. The summed E-state index contributed by atoms with van der Waals surface area (Å²) in [5.41, 5.74) is 0.725. The Labute approximate surface area is 213 Å². The lowest BCUT2D eigenvalue weighted by Crippen LogP contribution is -2.43. The quantitative estimate of drug-likeness (QED) is 0.380. The van der Waals surface area contributed by atoms with Gasteiger partial charge in [-0.3, -0.25) is 9.69 Å². The van der Waals surface area contributed by atoms with Gasteiger partial charge in [0, 0.05) is 18.7 Å². The Morgan fingerprint density at radius 3 is 2.64 bits per heavy atom. The number of benzene rings is 1. The van der Waals surface area contributed by atoms with E-state index in [0.29, 0.717) is 37.4 Å². The summed E-state index contributed by atoms with van der Waals surface area (Å²) in [5.74, 6) is -1.81. The zero-order valence-electron chi connectivity index (χ0n) is 18.8. The number of carbonyl (C=O) groups is 1. The molecule has 1 amide bonds. The van der Waals surface area contributed by atoms with E-state index in [1.807, 2.05) is 4.90 Å². The number of nitrogens with zero attached hydrogens (tertiary/aromatic N) is 4. The Balaban J connectivity index is 1.43. The molecule has 36 heavy (non-hydrogen) atoms. The standard InChI is InChI=1S/C23H22ClF4N5O2S/c24-14-2-1-3-15(25)19(14)23(34)29-10-16(21-20(22(27)28)30-12-36-21)33-8-6-13(7-9-33)11-35-18-5-4-17(26)31-32-18/h1-5,12-13,16,22H,6-11H2,(H,29,34). The van der Waals surface area contributed by atoms with Gasteiger partial charge in [0.15, 0.2) is 0 Å².